The van der Waals surface area contributed by atoms with E-state index >= 15 is 0 Å². The van der Waals surface area contributed by atoms with Gasteiger partial charge in [0.2, 0.25) is 5.82 Å². The first-order valence-electron chi connectivity index (χ1n) is 5.05. The number of carbonyl (C=O) groups is 1. The lowest BCUT2D eigenvalue weighted by Gasteiger charge is -2.06. The van der Waals surface area contributed by atoms with Crippen LogP contribution in [0.3, 0.4) is 0 Å². The normalized spacial score (nSPS) is 9.83. The lowest BCUT2D eigenvalue weighted by molar-refractivity contribution is -0.385. The Balaban J connectivity index is 2.75. The van der Waals surface area contributed by atoms with Crippen molar-refractivity contribution in [2.75, 3.05) is 19.0 Å². The number of aliphatic carboxylic acids is 1. The summed E-state index contributed by atoms with van der Waals surface area (Å²) in [5.41, 5.74) is -0.365. The van der Waals surface area contributed by atoms with Gasteiger partial charge in [-0.05, 0) is 6.42 Å². The number of hydrogen-bond donors (Lipinski definition) is 2. The predicted octanol–water partition coefficient (Wildman–Crippen LogP) is 0.670. The fraction of sp³-hybridized carbons (Fsp3) is 0.444. The van der Waals surface area contributed by atoms with E-state index in [4.69, 9.17) is 9.84 Å². The molecule has 0 radical (unpaired) electrons. The van der Waals surface area contributed by atoms with Crippen molar-refractivity contribution in [1.82, 2.24) is 9.97 Å². The summed E-state index contributed by atoms with van der Waals surface area (Å²) < 4.78 is 4.76. The highest BCUT2D eigenvalue weighted by Crippen LogP contribution is 2.30. The lowest BCUT2D eigenvalue weighted by atomic mass is 10.3. The van der Waals surface area contributed by atoms with Crippen LogP contribution >= 0.6 is 0 Å². The van der Waals surface area contributed by atoms with E-state index in [-0.39, 0.29) is 30.4 Å². The number of rotatable bonds is 7. The predicted molar refractivity (Wildman–Crippen MR) is 60.6 cm³/mol. The molecule has 0 aromatic carbocycles. The van der Waals surface area contributed by atoms with Crippen molar-refractivity contribution in [3.8, 4) is 5.88 Å². The molecule has 0 fully saturated rings. The van der Waals surface area contributed by atoms with E-state index in [1.54, 1.807) is 0 Å². The Morgan fingerprint density at radius 2 is 2.33 bits per heavy atom. The van der Waals surface area contributed by atoms with Crippen LogP contribution in [0, 0.1) is 10.1 Å². The fourth-order valence-electron chi connectivity index (χ4n) is 1.25. The Hall–Kier alpha value is -2.45. The number of anilines is 1. The van der Waals surface area contributed by atoms with Gasteiger partial charge in [-0.2, -0.15) is 4.98 Å². The number of carboxylic acid groups (broad SMARTS) is 1. The van der Waals surface area contributed by atoms with Gasteiger partial charge in [-0.15, -0.1) is 0 Å². The van der Waals surface area contributed by atoms with Gasteiger partial charge in [0.25, 0.3) is 5.88 Å². The average Bonchev–Trinajstić information content (AvgIpc) is 2.33. The van der Waals surface area contributed by atoms with E-state index in [1.165, 1.54) is 7.11 Å². The molecule has 0 saturated heterocycles. The van der Waals surface area contributed by atoms with E-state index in [9.17, 15) is 14.9 Å². The van der Waals surface area contributed by atoms with Crippen LogP contribution < -0.4 is 10.1 Å². The quantitative estimate of drug-likeness (QED) is 0.414. The van der Waals surface area contributed by atoms with Gasteiger partial charge < -0.3 is 15.2 Å². The Morgan fingerprint density at radius 1 is 1.61 bits per heavy atom. The van der Waals surface area contributed by atoms with Crippen molar-refractivity contribution in [3.05, 3.63) is 16.4 Å². The van der Waals surface area contributed by atoms with Gasteiger partial charge in [-0.25, -0.2) is 4.98 Å². The number of nitro groups is 1. The summed E-state index contributed by atoms with van der Waals surface area (Å²) in [5.74, 6) is -1.06. The number of nitrogens with zero attached hydrogens (tertiary/aromatic N) is 3. The highest BCUT2D eigenvalue weighted by molar-refractivity contribution is 5.66. The lowest BCUT2D eigenvalue weighted by Crippen LogP contribution is -2.09. The van der Waals surface area contributed by atoms with Crippen LogP contribution in [0.5, 0.6) is 5.88 Å². The minimum atomic E-state index is -0.924. The van der Waals surface area contributed by atoms with Gasteiger partial charge in [0.1, 0.15) is 6.33 Å². The Morgan fingerprint density at radius 3 is 2.89 bits per heavy atom. The number of hydrogen-bond acceptors (Lipinski definition) is 7. The molecule has 1 aromatic rings. The Bertz CT molecular complexity index is 451. The average molecular weight is 256 g/mol. The summed E-state index contributed by atoms with van der Waals surface area (Å²) in [7, 11) is 1.27. The summed E-state index contributed by atoms with van der Waals surface area (Å²) in [6.45, 7) is 0.257. The molecule has 0 spiro atoms. The second kappa shape index (κ2) is 6.33. The first-order chi connectivity index (χ1) is 8.56. The molecule has 1 rings (SSSR count). The summed E-state index contributed by atoms with van der Waals surface area (Å²) >= 11 is 0. The topological polar surface area (TPSA) is 127 Å². The van der Waals surface area contributed by atoms with Crippen LogP contribution in [0.4, 0.5) is 11.5 Å². The number of carboxylic acids is 1. The second-order valence-electron chi connectivity index (χ2n) is 3.26. The van der Waals surface area contributed by atoms with Crippen molar-refractivity contribution in [1.29, 1.82) is 0 Å². The van der Waals surface area contributed by atoms with Gasteiger partial charge >= 0.3 is 11.7 Å². The standard InChI is InChI=1S/C9H12N4O5/c1-18-9-7(13(16)17)8(11-5-12-9)10-4-2-3-6(14)15/h5H,2-4H2,1H3,(H,14,15)(H,10,11,12). The third-order valence-electron chi connectivity index (χ3n) is 2.02. The van der Waals surface area contributed by atoms with E-state index in [0.29, 0.717) is 6.42 Å². The molecule has 0 aliphatic rings. The van der Waals surface area contributed by atoms with Gasteiger partial charge in [-0.3, -0.25) is 14.9 Å². The number of nitrogens with one attached hydrogen (secondary N) is 1. The van der Waals surface area contributed by atoms with Gasteiger partial charge in [-0.1, -0.05) is 0 Å². The van der Waals surface area contributed by atoms with Crippen LogP contribution in [-0.2, 0) is 4.79 Å². The molecule has 0 saturated carbocycles. The van der Waals surface area contributed by atoms with Gasteiger partial charge in [0, 0.05) is 13.0 Å². The summed E-state index contributed by atoms with van der Waals surface area (Å²) in [5, 5.41) is 22.0. The highest BCUT2D eigenvalue weighted by Gasteiger charge is 2.23. The highest BCUT2D eigenvalue weighted by atomic mass is 16.6. The maximum atomic E-state index is 10.9. The van der Waals surface area contributed by atoms with Crippen molar-refractivity contribution < 1.29 is 19.6 Å². The zero-order chi connectivity index (χ0) is 13.5. The van der Waals surface area contributed by atoms with E-state index < -0.39 is 10.9 Å². The monoisotopic (exact) mass is 256 g/mol. The number of methoxy groups -OCH3 is 1. The molecule has 9 heteroatoms. The van der Waals surface area contributed by atoms with Crippen LogP contribution in [-0.4, -0.2) is 39.6 Å². The molecule has 1 heterocycles. The van der Waals surface area contributed by atoms with Gasteiger partial charge in [0.15, 0.2) is 0 Å². The minimum absolute atomic E-state index is 0.0113. The van der Waals surface area contributed by atoms with Crippen LogP contribution in [0.25, 0.3) is 0 Å². The minimum Gasteiger partial charge on any atom is -0.481 e. The third-order valence-corrected chi connectivity index (χ3v) is 2.02. The van der Waals surface area contributed by atoms with Crippen LogP contribution in [0.1, 0.15) is 12.8 Å². The first-order valence-corrected chi connectivity index (χ1v) is 5.05. The maximum absolute atomic E-state index is 10.9. The first kappa shape index (κ1) is 13.6. The van der Waals surface area contributed by atoms with Crippen LogP contribution in [0.15, 0.2) is 6.33 Å². The largest absolute Gasteiger partial charge is 0.481 e. The summed E-state index contributed by atoms with van der Waals surface area (Å²) in [6.07, 6.45) is 1.44. The van der Waals surface area contributed by atoms with Crippen molar-refractivity contribution in [3.63, 3.8) is 0 Å². The van der Waals surface area contributed by atoms with E-state index in [0.717, 1.165) is 6.33 Å². The molecule has 9 nitrogen and oxygen atoms in total. The number of ether oxygens (including phenoxy) is 1. The van der Waals surface area contributed by atoms with Crippen LogP contribution in [0.2, 0.25) is 0 Å². The Kier molecular flexibility index (Phi) is 4.78. The smallest absolute Gasteiger partial charge is 0.372 e. The molecule has 18 heavy (non-hydrogen) atoms. The van der Waals surface area contributed by atoms with Crippen molar-refractivity contribution >= 4 is 17.5 Å². The third kappa shape index (κ3) is 3.54. The molecule has 2 N–H and O–H groups in total. The zero-order valence-electron chi connectivity index (χ0n) is 9.62. The molecule has 0 aliphatic heterocycles. The van der Waals surface area contributed by atoms with E-state index in [2.05, 4.69) is 15.3 Å². The summed E-state index contributed by atoms with van der Waals surface area (Å²) in [6, 6.07) is 0. The summed E-state index contributed by atoms with van der Waals surface area (Å²) in [4.78, 5) is 27.9. The maximum Gasteiger partial charge on any atom is 0.372 e. The SMILES string of the molecule is COc1ncnc(NCCCC(=O)O)c1[N+](=O)[O-]. The molecular formula is C9H12N4O5. The fourth-order valence-corrected chi connectivity index (χ4v) is 1.25. The molecule has 0 amide bonds. The Labute approximate surface area is 102 Å². The van der Waals surface area contributed by atoms with E-state index in [1.807, 2.05) is 0 Å². The molecule has 0 unspecified atom stereocenters. The van der Waals surface area contributed by atoms with Crippen molar-refractivity contribution in [2.45, 2.75) is 12.8 Å². The molecular weight excluding hydrogens is 244 g/mol. The second-order valence-corrected chi connectivity index (χ2v) is 3.26. The van der Waals surface area contributed by atoms with Crippen molar-refractivity contribution in [2.24, 2.45) is 0 Å². The molecule has 0 aliphatic carbocycles. The molecule has 98 valence electrons. The molecule has 1 aromatic heterocycles. The molecule has 0 atom stereocenters. The van der Waals surface area contributed by atoms with Gasteiger partial charge in [0.05, 0.1) is 12.0 Å². The zero-order valence-corrected chi connectivity index (χ0v) is 9.62. The number of aromatic nitrogens is 2. The molecule has 0 bridgehead atoms.